The zero-order valence-corrected chi connectivity index (χ0v) is 15.0. The van der Waals surface area contributed by atoms with Crippen molar-refractivity contribution in [2.24, 2.45) is 0 Å². The maximum atomic E-state index is 10.4. The molecule has 26 heavy (non-hydrogen) atoms. The third-order valence-corrected chi connectivity index (χ3v) is 5.38. The number of anilines is 1. The van der Waals surface area contributed by atoms with Gasteiger partial charge in [-0.25, -0.2) is 0 Å². The van der Waals surface area contributed by atoms with Gasteiger partial charge in [-0.1, -0.05) is 0 Å². The fraction of sp³-hybridized carbons (Fsp3) is 0.450. The first kappa shape index (κ1) is 16.8. The van der Waals surface area contributed by atoms with Gasteiger partial charge in [0.2, 0.25) is 0 Å². The Morgan fingerprint density at radius 1 is 1.27 bits per heavy atom. The topological polar surface area (TPSA) is 85.1 Å². The minimum atomic E-state index is 0.0833. The highest BCUT2D eigenvalue weighted by molar-refractivity contribution is 5.73. The van der Waals surface area contributed by atoms with Crippen molar-refractivity contribution in [1.82, 2.24) is 15.5 Å². The number of aromatic nitrogens is 2. The van der Waals surface area contributed by atoms with E-state index in [0.29, 0.717) is 22.9 Å². The molecule has 0 saturated carbocycles. The Kier molecular flexibility index (Phi) is 4.48. The van der Waals surface area contributed by atoms with Crippen molar-refractivity contribution in [1.29, 1.82) is 5.26 Å². The number of phenols is 1. The van der Waals surface area contributed by atoms with Crippen LogP contribution < -0.4 is 10.2 Å². The number of fused-ring (bicyclic) bond motifs is 1. The van der Waals surface area contributed by atoms with Crippen LogP contribution in [-0.4, -0.2) is 41.0 Å². The number of benzene rings is 1. The molecule has 0 radical (unpaired) electrons. The van der Waals surface area contributed by atoms with Crippen LogP contribution in [0.5, 0.6) is 5.75 Å². The minimum absolute atomic E-state index is 0.0833. The molecule has 1 aromatic carbocycles. The third kappa shape index (κ3) is 2.99. The summed E-state index contributed by atoms with van der Waals surface area (Å²) in [6.07, 6.45) is 4.46. The van der Waals surface area contributed by atoms with Gasteiger partial charge in [-0.15, -0.1) is 10.2 Å². The number of piperidine rings is 1. The van der Waals surface area contributed by atoms with Gasteiger partial charge in [0.15, 0.2) is 5.82 Å². The second-order valence-corrected chi connectivity index (χ2v) is 7.17. The lowest BCUT2D eigenvalue weighted by atomic mass is 9.97. The molecular weight excluding hydrogens is 326 g/mol. The van der Waals surface area contributed by atoms with Gasteiger partial charge < -0.3 is 15.3 Å². The summed E-state index contributed by atoms with van der Waals surface area (Å²) in [6, 6.07) is 7.87. The van der Waals surface area contributed by atoms with Gasteiger partial charge in [-0.3, -0.25) is 0 Å². The van der Waals surface area contributed by atoms with E-state index in [-0.39, 0.29) is 5.75 Å². The molecule has 0 aliphatic carbocycles. The number of rotatable bonds is 2. The second kappa shape index (κ2) is 6.93. The molecule has 1 fully saturated rings. The summed E-state index contributed by atoms with van der Waals surface area (Å²) in [4.78, 5) is 2.40. The van der Waals surface area contributed by atoms with E-state index in [1.165, 1.54) is 24.5 Å². The van der Waals surface area contributed by atoms with Gasteiger partial charge in [0.1, 0.15) is 5.75 Å². The Morgan fingerprint density at radius 2 is 2.15 bits per heavy atom. The SMILES string of the molecule is Cc1cc(C#N)cc(O)c1-c1cc2c(nn1)N(C1CCCNC1)CCC2. The summed E-state index contributed by atoms with van der Waals surface area (Å²) < 4.78 is 0. The van der Waals surface area contributed by atoms with Crippen molar-refractivity contribution in [2.45, 2.75) is 38.6 Å². The zero-order chi connectivity index (χ0) is 18.1. The summed E-state index contributed by atoms with van der Waals surface area (Å²) in [7, 11) is 0. The first-order chi connectivity index (χ1) is 12.7. The Morgan fingerprint density at radius 3 is 2.88 bits per heavy atom. The summed E-state index contributed by atoms with van der Waals surface area (Å²) in [5.41, 5.74) is 3.81. The lowest BCUT2D eigenvalue weighted by molar-refractivity contribution is 0.420. The maximum Gasteiger partial charge on any atom is 0.154 e. The van der Waals surface area contributed by atoms with Gasteiger partial charge in [0.05, 0.1) is 17.3 Å². The highest BCUT2D eigenvalue weighted by Gasteiger charge is 2.28. The zero-order valence-electron chi connectivity index (χ0n) is 15.0. The number of hydrogen-bond acceptors (Lipinski definition) is 6. The molecule has 2 N–H and O–H groups in total. The molecule has 1 unspecified atom stereocenters. The fourth-order valence-corrected chi connectivity index (χ4v) is 4.14. The van der Waals surface area contributed by atoms with Gasteiger partial charge in [-0.05, 0) is 68.5 Å². The van der Waals surface area contributed by atoms with E-state index < -0.39 is 0 Å². The van der Waals surface area contributed by atoms with Crippen molar-refractivity contribution < 1.29 is 5.11 Å². The number of nitrogens with zero attached hydrogens (tertiary/aromatic N) is 4. The van der Waals surface area contributed by atoms with Crippen LogP contribution in [0.15, 0.2) is 18.2 Å². The van der Waals surface area contributed by atoms with E-state index in [1.807, 2.05) is 6.92 Å². The smallest absolute Gasteiger partial charge is 0.154 e. The summed E-state index contributed by atoms with van der Waals surface area (Å²) >= 11 is 0. The highest BCUT2D eigenvalue weighted by atomic mass is 16.3. The highest BCUT2D eigenvalue weighted by Crippen LogP contribution is 2.35. The molecule has 1 atom stereocenters. The number of nitriles is 1. The normalized spacial score (nSPS) is 19.7. The van der Waals surface area contributed by atoms with Gasteiger partial charge in [0, 0.05) is 24.7 Å². The Labute approximate surface area is 153 Å². The Bertz CT molecular complexity index is 844. The van der Waals surface area contributed by atoms with Crippen molar-refractivity contribution in [3.63, 3.8) is 0 Å². The number of aryl methyl sites for hydroxylation is 2. The quantitative estimate of drug-likeness (QED) is 0.867. The second-order valence-electron chi connectivity index (χ2n) is 7.17. The van der Waals surface area contributed by atoms with E-state index in [1.54, 1.807) is 6.07 Å². The van der Waals surface area contributed by atoms with Crippen LogP contribution in [-0.2, 0) is 6.42 Å². The van der Waals surface area contributed by atoms with Crippen LogP contribution in [0.4, 0.5) is 5.82 Å². The van der Waals surface area contributed by atoms with Crippen molar-refractivity contribution >= 4 is 5.82 Å². The van der Waals surface area contributed by atoms with Crippen LogP contribution in [0.2, 0.25) is 0 Å². The minimum Gasteiger partial charge on any atom is -0.507 e. The lowest BCUT2D eigenvalue weighted by Crippen LogP contribution is -2.48. The molecule has 0 amide bonds. The molecule has 2 aliphatic rings. The van der Waals surface area contributed by atoms with Crippen LogP contribution in [0.1, 0.15) is 36.0 Å². The monoisotopic (exact) mass is 349 g/mol. The summed E-state index contributed by atoms with van der Waals surface area (Å²) in [6.45, 7) is 5.00. The molecule has 1 aromatic heterocycles. The molecular formula is C20H23N5O. The number of hydrogen-bond donors (Lipinski definition) is 2. The van der Waals surface area contributed by atoms with E-state index in [4.69, 9.17) is 5.26 Å². The van der Waals surface area contributed by atoms with E-state index >= 15 is 0 Å². The van der Waals surface area contributed by atoms with Gasteiger partial charge in [-0.2, -0.15) is 5.26 Å². The lowest BCUT2D eigenvalue weighted by Gasteiger charge is -2.38. The molecule has 1 saturated heterocycles. The molecule has 2 aliphatic heterocycles. The average Bonchev–Trinajstić information content (AvgIpc) is 2.67. The molecule has 134 valence electrons. The maximum absolute atomic E-state index is 10.4. The van der Waals surface area contributed by atoms with Crippen LogP contribution in [0.25, 0.3) is 11.3 Å². The first-order valence-electron chi connectivity index (χ1n) is 9.25. The molecule has 0 bridgehead atoms. The van der Waals surface area contributed by atoms with Crippen LogP contribution in [0, 0.1) is 18.3 Å². The van der Waals surface area contributed by atoms with Gasteiger partial charge >= 0.3 is 0 Å². The fourth-order valence-electron chi connectivity index (χ4n) is 4.14. The molecule has 2 aromatic rings. The molecule has 4 rings (SSSR count). The van der Waals surface area contributed by atoms with Crippen molar-refractivity contribution in [2.75, 3.05) is 24.5 Å². The molecule has 3 heterocycles. The van der Waals surface area contributed by atoms with Crippen LogP contribution in [0.3, 0.4) is 0 Å². The number of aromatic hydroxyl groups is 1. The number of nitrogens with one attached hydrogen (secondary N) is 1. The first-order valence-corrected chi connectivity index (χ1v) is 9.25. The van der Waals surface area contributed by atoms with Crippen molar-refractivity contribution in [3.8, 4) is 23.1 Å². The third-order valence-electron chi connectivity index (χ3n) is 5.38. The number of phenolic OH excluding ortho intramolecular Hbond substituents is 1. The Hall–Kier alpha value is -2.65. The van der Waals surface area contributed by atoms with Crippen molar-refractivity contribution in [3.05, 3.63) is 34.9 Å². The average molecular weight is 349 g/mol. The summed E-state index contributed by atoms with van der Waals surface area (Å²) in [5, 5.41) is 31.9. The predicted molar refractivity (Wildman–Crippen MR) is 100 cm³/mol. The van der Waals surface area contributed by atoms with E-state index in [9.17, 15) is 5.11 Å². The molecule has 6 heteroatoms. The van der Waals surface area contributed by atoms with E-state index in [0.717, 1.165) is 43.9 Å². The molecule has 0 spiro atoms. The largest absolute Gasteiger partial charge is 0.507 e. The Balaban J connectivity index is 1.71. The standard InChI is InChI=1S/C20H23N5O/c1-13-8-14(11-21)9-18(26)19(13)17-10-15-4-3-7-25(20(15)24-23-17)16-5-2-6-22-12-16/h8-10,16,22,26H,2-7,12H2,1H3. The molecule has 6 nitrogen and oxygen atoms in total. The van der Waals surface area contributed by atoms with Gasteiger partial charge in [0.25, 0.3) is 0 Å². The van der Waals surface area contributed by atoms with Crippen LogP contribution >= 0.6 is 0 Å². The van der Waals surface area contributed by atoms with E-state index in [2.05, 4.69) is 32.5 Å². The predicted octanol–water partition coefficient (Wildman–Crippen LogP) is 2.53. The summed E-state index contributed by atoms with van der Waals surface area (Å²) in [5.74, 6) is 1.07.